The number of hydrogen-bond acceptors (Lipinski definition) is 6. The van der Waals surface area contributed by atoms with Crippen molar-refractivity contribution in [3.05, 3.63) is 83.6 Å². The summed E-state index contributed by atoms with van der Waals surface area (Å²) in [6.07, 6.45) is 1.50. The lowest BCUT2D eigenvalue weighted by atomic mass is 10.1. The minimum absolute atomic E-state index is 0.0417. The first-order valence-corrected chi connectivity index (χ1v) is 8.80. The van der Waals surface area contributed by atoms with Gasteiger partial charge < -0.3 is 15.4 Å². The molecule has 0 aliphatic rings. The van der Waals surface area contributed by atoms with Gasteiger partial charge in [0.2, 0.25) is 0 Å². The number of hydrogen-bond donors (Lipinski definition) is 2. The van der Waals surface area contributed by atoms with Crippen LogP contribution in [0.5, 0.6) is 0 Å². The first-order valence-electron chi connectivity index (χ1n) is 8.80. The van der Waals surface area contributed by atoms with E-state index in [2.05, 4.69) is 15.6 Å². The van der Waals surface area contributed by atoms with Crippen molar-refractivity contribution in [2.75, 3.05) is 17.7 Å². The summed E-state index contributed by atoms with van der Waals surface area (Å²) < 4.78 is 4.78. The number of methoxy groups -OCH3 is 1. The Morgan fingerprint density at radius 3 is 2.34 bits per heavy atom. The zero-order valence-electron chi connectivity index (χ0n) is 15.9. The third kappa shape index (κ3) is 4.84. The third-order valence-corrected chi connectivity index (χ3v) is 4.17. The van der Waals surface area contributed by atoms with Crippen LogP contribution in [0.25, 0.3) is 0 Å². The lowest BCUT2D eigenvalue weighted by Crippen LogP contribution is -2.13. The lowest BCUT2D eigenvalue weighted by molar-refractivity contribution is 0.0601. The van der Waals surface area contributed by atoms with Crippen molar-refractivity contribution in [3.8, 4) is 0 Å². The summed E-state index contributed by atoms with van der Waals surface area (Å²) >= 11 is 0. The number of anilines is 3. The maximum absolute atomic E-state index is 12.6. The van der Waals surface area contributed by atoms with Crippen LogP contribution in [0.2, 0.25) is 0 Å². The first kappa shape index (κ1) is 19.8. The van der Waals surface area contributed by atoms with Crippen LogP contribution in [0.15, 0.2) is 66.9 Å². The van der Waals surface area contributed by atoms with Gasteiger partial charge in [0, 0.05) is 23.0 Å². The van der Waals surface area contributed by atoms with Crippen molar-refractivity contribution in [3.63, 3.8) is 0 Å². The van der Waals surface area contributed by atoms with E-state index in [1.165, 1.54) is 20.2 Å². The van der Waals surface area contributed by atoms with Gasteiger partial charge in [0.05, 0.1) is 18.4 Å². The third-order valence-electron chi connectivity index (χ3n) is 4.17. The number of carbonyl (C=O) groups excluding carboxylic acids is 3. The van der Waals surface area contributed by atoms with E-state index >= 15 is 0 Å². The molecule has 0 atom stereocenters. The molecular weight excluding hydrogens is 370 g/mol. The average Bonchev–Trinajstić information content (AvgIpc) is 2.74. The Morgan fingerprint density at radius 1 is 0.931 bits per heavy atom. The lowest BCUT2D eigenvalue weighted by Gasteiger charge is -2.11. The first-order chi connectivity index (χ1) is 14.0. The quantitative estimate of drug-likeness (QED) is 0.487. The van der Waals surface area contributed by atoms with Gasteiger partial charge in [-0.15, -0.1) is 0 Å². The van der Waals surface area contributed by atoms with Crippen molar-refractivity contribution in [1.29, 1.82) is 0 Å². The van der Waals surface area contributed by atoms with E-state index in [4.69, 9.17) is 4.74 Å². The van der Waals surface area contributed by atoms with E-state index in [-0.39, 0.29) is 11.7 Å². The van der Waals surface area contributed by atoms with Gasteiger partial charge in [-0.1, -0.05) is 12.1 Å². The number of ketones is 1. The summed E-state index contributed by atoms with van der Waals surface area (Å²) in [7, 11) is 1.31. The molecule has 7 heteroatoms. The molecule has 0 spiro atoms. The van der Waals surface area contributed by atoms with E-state index in [0.717, 1.165) is 0 Å². The fraction of sp³-hybridized carbons (Fsp3) is 0.0909. The number of ether oxygens (including phenoxy) is 1. The molecule has 0 bridgehead atoms. The number of benzene rings is 2. The summed E-state index contributed by atoms with van der Waals surface area (Å²) in [5.41, 5.74) is 2.40. The van der Waals surface area contributed by atoms with Crippen LogP contribution in [0.1, 0.15) is 38.0 Å². The molecular formula is C22H19N3O4. The second-order valence-electron chi connectivity index (χ2n) is 6.18. The number of Topliss-reactive ketones (excluding diaryl/α,β-unsaturated/α-hetero) is 1. The van der Waals surface area contributed by atoms with Crippen LogP contribution in [0, 0.1) is 0 Å². The molecule has 0 fully saturated rings. The SMILES string of the molecule is COC(=O)c1ccccc1Nc1cc(C(=O)Nc2ccc(C(C)=O)cc2)ccn1. The van der Waals surface area contributed by atoms with Crippen LogP contribution in [0.4, 0.5) is 17.2 Å². The number of carbonyl (C=O) groups is 3. The fourth-order valence-corrected chi connectivity index (χ4v) is 2.65. The van der Waals surface area contributed by atoms with Crippen molar-refractivity contribution in [1.82, 2.24) is 4.98 Å². The second-order valence-corrected chi connectivity index (χ2v) is 6.18. The molecule has 0 saturated heterocycles. The van der Waals surface area contributed by atoms with Crippen LogP contribution >= 0.6 is 0 Å². The van der Waals surface area contributed by atoms with Crippen molar-refractivity contribution >= 4 is 34.9 Å². The van der Waals surface area contributed by atoms with E-state index in [0.29, 0.717) is 33.9 Å². The zero-order valence-corrected chi connectivity index (χ0v) is 15.9. The van der Waals surface area contributed by atoms with Gasteiger partial charge in [-0.2, -0.15) is 0 Å². The van der Waals surface area contributed by atoms with Gasteiger partial charge in [-0.05, 0) is 55.5 Å². The molecule has 1 amide bonds. The van der Waals surface area contributed by atoms with Crippen LogP contribution in [-0.4, -0.2) is 29.8 Å². The molecule has 29 heavy (non-hydrogen) atoms. The normalized spacial score (nSPS) is 10.1. The Bertz CT molecular complexity index is 1060. The number of para-hydroxylation sites is 1. The van der Waals surface area contributed by atoms with Gasteiger partial charge in [0.1, 0.15) is 5.82 Å². The molecule has 3 rings (SSSR count). The number of nitrogens with one attached hydrogen (secondary N) is 2. The maximum atomic E-state index is 12.6. The van der Waals surface area contributed by atoms with Crippen LogP contribution < -0.4 is 10.6 Å². The van der Waals surface area contributed by atoms with Gasteiger partial charge >= 0.3 is 5.97 Å². The van der Waals surface area contributed by atoms with E-state index in [9.17, 15) is 14.4 Å². The molecule has 0 saturated carbocycles. The highest BCUT2D eigenvalue weighted by Gasteiger charge is 2.13. The average molecular weight is 389 g/mol. The predicted octanol–water partition coefficient (Wildman–Crippen LogP) is 4.07. The summed E-state index contributed by atoms with van der Waals surface area (Å²) in [5, 5.41) is 5.81. The van der Waals surface area contributed by atoms with E-state index in [1.807, 2.05) is 0 Å². The highest BCUT2D eigenvalue weighted by Crippen LogP contribution is 2.21. The Morgan fingerprint density at radius 2 is 1.66 bits per heavy atom. The predicted molar refractivity (Wildman–Crippen MR) is 110 cm³/mol. The number of rotatable bonds is 6. The van der Waals surface area contributed by atoms with Crippen LogP contribution in [-0.2, 0) is 4.74 Å². The fourth-order valence-electron chi connectivity index (χ4n) is 2.65. The molecule has 3 aromatic rings. The molecule has 7 nitrogen and oxygen atoms in total. The Kier molecular flexibility index (Phi) is 5.99. The molecule has 2 N–H and O–H groups in total. The monoisotopic (exact) mass is 389 g/mol. The van der Waals surface area contributed by atoms with Gasteiger partial charge in [-0.25, -0.2) is 9.78 Å². The van der Waals surface area contributed by atoms with Crippen molar-refractivity contribution in [2.45, 2.75) is 6.92 Å². The van der Waals surface area contributed by atoms with Crippen molar-refractivity contribution < 1.29 is 19.1 Å². The molecule has 2 aromatic carbocycles. The van der Waals surface area contributed by atoms with Crippen molar-refractivity contribution in [2.24, 2.45) is 0 Å². The molecule has 0 radical (unpaired) electrons. The Labute approximate surface area is 167 Å². The number of nitrogens with zero attached hydrogens (tertiary/aromatic N) is 1. The van der Waals surface area contributed by atoms with Gasteiger partial charge in [-0.3, -0.25) is 9.59 Å². The van der Waals surface area contributed by atoms with E-state index < -0.39 is 5.97 Å². The number of esters is 1. The van der Waals surface area contributed by atoms with Crippen LogP contribution in [0.3, 0.4) is 0 Å². The number of pyridine rings is 1. The summed E-state index contributed by atoms with van der Waals surface area (Å²) in [6, 6.07) is 16.7. The molecule has 0 unspecified atom stereocenters. The van der Waals surface area contributed by atoms with Gasteiger partial charge in [0.15, 0.2) is 5.78 Å². The smallest absolute Gasteiger partial charge is 0.339 e. The summed E-state index contributed by atoms with van der Waals surface area (Å²) in [6.45, 7) is 1.48. The molecule has 1 heterocycles. The topological polar surface area (TPSA) is 97.4 Å². The minimum Gasteiger partial charge on any atom is -0.465 e. The number of amides is 1. The highest BCUT2D eigenvalue weighted by atomic mass is 16.5. The standard InChI is InChI=1S/C22H19N3O4/c1-14(26)15-7-9-17(10-8-15)24-21(27)16-11-12-23-20(13-16)25-19-6-4-3-5-18(19)22(28)29-2/h3-13H,1-2H3,(H,23,25)(H,24,27). The highest BCUT2D eigenvalue weighted by molar-refractivity contribution is 6.05. The maximum Gasteiger partial charge on any atom is 0.339 e. The Hall–Kier alpha value is -4.00. The van der Waals surface area contributed by atoms with E-state index in [1.54, 1.807) is 60.7 Å². The minimum atomic E-state index is -0.476. The summed E-state index contributed by atoms with van der Waals surface area (Å²) in [5.74, 6) is -0.441. The Balaban J connectivity index is 1.77. The van der Waals surface area contributed by atoms with Gasteiger partial charge in [0.25, 0.3) is 5.91 Å². The summed E-state index contributed by atoms with van der Waals surface area (Å²) in [4.78, 5) is 40.0. The molecule has 146 valence electrons. The molecule has 0 aliphatic carbocycles. The second kappa shape index (κ2) is 8.79. The largest absolute Gasteiger partial charge is 0.465 e. The molecule has 0 aliphatic heterocycles. The zero-order chi connectivity index (χ0) is 20.8. The number of aromatic nitrogens is 1. The molecule has 1 aromatic heterocycles.